The molecule has 0 unspecified atom stereocenters. The Balaban J connectivity index is 3.46. The fourth-order valence-electron chi connectivity index (χ4n) is 0.642. The summed E-state index contributed by atoms with van der Waals surface area (Å²) >= 11 is 0. The van der Waals surface area contributed by atoms with Crippen molar-refractivity contribution in [2.75, 3.05) is 11.5 Å². The second kappa shape index (κ2) is 2.26. The number of phenols is 1. The summed E-state index contributed by atoms with van der Waals surface area (Å²) in [5.41, 5.74) is 9.43. The highest BCUT2D eigenvalue weighted by molar-refractivity contribution is 5.66. The minimum atomic E-state index is -1.22. The summed E-state index contributed by atoms with van der Waals surface area (Å²) in [6.45, 7) is 0. The number of hydrogen-bond acceptors (Lipinski definition) is 3. The van der Waals surface area contributed by atoms with E-state index in [4.69, 9.17) is 16.6 Å². The van der Waals surface area contributed by atoms with Crippen LogP contribution in [0.25, 0.3) is 0 Å². The van der Waals surface area contributed by atoms with E-state index in [0.717, 1.165) is 6.07 Å². The van der Waals surface area contributed by atoms with Crippen molar-refractivity contribution in [3.63, 3.8) is 0 Å². The SMILES string of the molecule is Nc1cc(F)c(O)c(F)c1N. The molecular formula is C6H6F2N2O. The summed E-state index contributed by atoms with van der Waals surface area (Å²) in [6.07, 6.45) is 0. The van der Waals surface area contributed by atoms with Gasteiger partial charge in [0.2, 0.25) is 0 Å². The fraction of sp³-hybridized carbons (Fsp3) is 0. The third-order valence-corrected chi connectivity index (χ3v) is 1.26. The van der Waals surface area contributed by atoms with Crippen LogP contribution in [-0.4, -0.2) is 5.11 Å². The van der Waals surface area contributed by atoms with Crippen LogP contribution in [0.15, 0.2) is 6.07 Å². The monoisotopic (exact) mass is 160 g/mol. The summed E-state index contributed by atoms with van der Waals surface area (Å²) in [4.78, 5) is 0. The molecule has 0 saturated heterocycles. The lowest BCUT2D eigenvalue weighted by Gasteiger charge is -2.03. The molecule has 0 heterocycles. The Kier molecular flexibility index (Phi) is 1.56. The molecule has 60 valence electrons. The van der Waals surface area contributed by atoms with Crippen molar-refractivity contribution in [2.24, 2.45) is 0 Å². The Labute approximate surface area is 61.2 Å². The highest BCUT2D eigenvalue weighted by Gasteiger charge is 2.13. The normalized spacial score (nSPS) is 10.0. The zero-order chi connectivity index (χ0) is 8.59. The highest BCUT2D eigenvalue weighted by Crippen LogP contribution is 2.29. The molecule has 0 aliphatic carbocycles. The van der Waals surface area contributed by atoms with Crippen molar-refractivity contribution >= 4 is 11.4 Å². The molecule has 0 aliphatic heterocycles. The number of phenolic OH excluding ortho intramolecular Hbond substituents is 1. The van der Waals surface area contributed by atoms with Crippen molar-refractivity contribution in [3.8, 4) is 5.75 Å². The molecule has 0 atom stereocenters. The van der Waals surface area contributed by atoms with Crippen molar-refractivity contribution in [1.29, 1.82) is 0 Å². The van der Waals surface area contributed by atoms with E-state index in [1.165, 1.54) is 0 Å². The molecule has 0 aromatic heterocycles. The molecule has 0 radical (unpaired) electrons. The van der Waals surface area contributed by atoms with Gasteiger partial charge in [0.1, 0.15) is 0 Å². The van der Waals surface area contributed by atoms with Gasteiger partial charge in [0.05, 0.1) is 11.4 Å². The largest absolute Gasteiger partial charge is 0.503 e. The summed E-state index contributed by atoms with van der Waals surface area (Å²) in [7, 11) is 0. The molecule has 3 nitrogen and oxygen atoms in total. The topological polar surface area (TPSA) is 72.3 Å². The average molecular weight is 160 g/mol. The number of halogens is 2. The van der Waals surface area contributed by atoms with Gasteiger partial charge in [-0.1, -0.05) is 0 Å². The zero-order valence-corrected chi connectivity index (χ0v) is 5.44. The van der Waals surface area contributed by atoms with E-state index in [0.29, 0.717) is 0 Å². The third-order valence-electron chi connectivity index (χ3n) is 1.26. The van der Waals surface area contributed by atoms with Crippen molar-refractivity contribution in [1.82, 2.24) is 0 Å². The van der Waals surface area contributed by atoms with Gasteiger partial charge in [0.25, 0.3) is 0 Å². The van der Waals surface area contributed by atoms with Gasteiger partial charge in [-0.3, -0.25) is 0 Å². The Morgan fingerprint density at radius 1 is 1.27 bits per heavy atom. The lowest BCUT2D eigenvalue weighted by molar-refractivity contribution is 0.398. The molecule has 0 aliphatic rings. The molecule has 11 heavy (non-hydrogen) atoms. The number of aromatic hydroxyl groups is 1. The molecular weight excluding hydrogens is 154 g/mol. The summed E-state index contributed by atoms with van der Waals surface area (Å²) in [5.74, 6) is -3.44. The predicted molar refractivity (Wildman–Crippen MR) is 36.8 cm³/mol. The lowest BCUT2D eigenvalue weighted by Crippen LogP contribution is -1.99. The number of anilines is 2. The van der Waals surface area contributed by atoms with Gasteiger partial charge in [-0.15, -0.1) is 0 Å². The number of rotatable bonds is 0. The molecule has 0 bridgehead atoms. The molecule has 5 heteroatoms. The van der Waals surface area contributed by atoms with Crippen LogP contribution in [0.2, 0.25) is 0 Å². The van der Waals surface area contributed by atoms with Crippen LogP contribution in [-0.2, 0) is 0 Å². The minimum absolute atomic E-state index is 0.224. The van der Waals surface area contributed by atoms with Gasteiger partial charge in [0, 0.05) is 6.07 Å². The van der Waals surface area contributed by atoms with Gasteiger partial charge < -0.3 is 16.6 Å². The fourth-order valence-corrected chi connectivity index (χ4v) is 0.642. The quantitative estimate of drug-likeness (QED) is 0.389. The number of nitrogens with two attached hydrogens (primary N) is 2. The van der Waals surface area contributed by atoms with Crippen LogP contribution >= 0.6 is 0 Å². The molecule has 5 N–H and O–H groups in total. The van der Waals surface area contributed by atoms with Crippen molar-refractivity contribution in [2.45, 2.75) is 0 Å². The molecule has 1 aromatic rings. The van der Waals surface area contributed by atoms with Gasteiger partial charge >= 0.3 is 0 Å². The van der Waals surface area contributed by atoms with Crippen LogP contribution in [0.5, 0.6) is 5.75 Å². The van der Waals surface area contributed by atoms with Gasteiger partial charge in [-0.25, -0.2) is 8.78 Å². The summed E-state index contributed by atoms with van der Waals surface area (Å²) in [6, 6.07) is 0.758. The van der Waals surface area contributed by atoms with Crippen LogP contribution in [0.3, 0.4) is 0 Å². The Bertz CT molecular complexity index is 275. The third kappa shape index (κ3) is 1.04. The van der Waals surface area contributed by atoms with Crippen LogP contribution < -0.4 is 11.5 Å². The number of hydrogen-bond donors (Lipinski definition) is 3. The second-order valence-electron chi connectivity index (χ2n) is 2.02. The van der Waals surface area contributed by atoms with Crippen LogP contribution in [0.1, 0.15) is 0 Å². The highest BCUT2D eigenvalue weighted by atomic mass is 19.1. The van der Waals surface area contributed by atoms with Crippen molar-refractivity contribution in [3.05, 3.63) is 17.7 Å². The molecule has 0 fully saturated rings. The Hall–Kier alpha value is -1.52. The van der Waals surface area contributed by atoms with E-state index < -0.39 is 23.1 Å². The average Bonchev–Trinajstić information content (AvgIpc) is 1.97. The maximum absolute atomic E-state index is 12.6. The van der Waals surface area contributed by atoms with E-state index in [1.807, 2.05) is 0 Å². The maximum Gasteiger partial charge on any atom is 0.192 e. The molecule has 1 rings (SSSR count). The van der Waals surface area contributed by atoms with E-state index in [-0.39, 0.29) is 5.69 Å². The first-order valence-electron chi connectivity index (χ1n) is 2.76. The van der Waals surface area contributed by atoms with Gasteiger partial charge in [0.15, 0.2) is 17.4 Å². The minimum Gasteiger partial charge on any atom is -0.503 e. The molecule has 0 saturated carbocycles. The molecule has 1 aromatic carbocycles. The number of benzene rings is 1. The predicted octanol–water partition coefficient (Wildman–Crippen LogP) is 0.835. The van der Waals surface area contributed by atoms with E-state index in [1.54, 1.807) is 0 Å². The smallest absolute Gasteiger partial charge is 0.192 e. The van der Waals surface area contributed by atoms with Crippen molar-refractivity contribution < 1.29 is 13.9 Å². The zero-order valence-electron chi connectivity index (χ0n) is 5.44. The van der Waals surface area contributed by atoms with Gasteiger partial charge in [-0.05, 0) is 0 Å². The first-order chi connectivity index (χ1) is 5.04. The molecule has 0 spiro atoms. The summed E-state index contributed by atoms with van der Waals surface area (Å²) < 4.78 is 25.0. The van der Waals surface area contributed by atoms with E-state index in [2.05, 4.69) is 0 Å². The first kappa shape index (κ1) is 7.59. The number of nitrogen functional groups attached to an aromatic ring is 2. The Morgan fingerprint density at radius 3 is 2.36 bits per heavy atom. The Morgan fingerprint density at radius 2 is 1.82 bits per heavy atom. The lowest BCUT2D eigenvalue weighted by atomic mass is 10.2. The van der Waals surface area contributed by atoms with Crippen LogP contribution in [0, 0.1) is 11.6 Å². The molecule has 0 amide bonds. The summed E-state index contributed by atoms with van der Waals surface area (Å²) in [5, 5.41) is 8.63. The van der Waals surface area contributed by atoms with E-state index >= 15 is 0 Å². The maximum atomic E-state index is 12.6. The first-order valence-corrected chi connectivity index (χ1v) is 2.76. The standard InChI is InChI=1S/C6H6F2N2O/c7-2-1-3(9)5(10)4(8)6(2)11/h1,11H,9-10H2. The van der Waals surface area contributed by atoms with Crippen LogP contribution in [0.4, 0.5) is 20.2 Å². The van der Waals surface area contributed by atoms with Gasteiger partial charge in [-0.2, -0.15) is 0 Å². The second-order valence-corrected chi connectivity index (χ2v) is 2.02. The van der Waals surface area contributed by atoms with E-state index in [9.17, 15) is 8.78 Å².